The number of nitrogens with one attached hydrogen (secondary N) is 1. The largest absolute Gasteiger partial charge is 0.309 e. The Kier molecular flexibility index (Phi) is 7.68. The monoisotopic (exact) mass is 266 g/mol. The smallest absolute Gasteiger partial charge is 0.128 e. The number of likely N-dealkylation sites (N-methyl/N-ethyl adjacent to an activating group) is 2. The number of nitrogens with zero attached hydrogens (tertiary/aromatic N) is 1. The van der Waals surface area contributed by atoms with Crippen LogP contribution in [-0.2, 0) is 0 Å². The third-order valence-corrected chi connectivity index (χ3v) is 3.45. The van der Waals surface area contributed by atoms with Crippen LogP contribution in [0.2, 0.25) is 0 Å². The molecule has 0 saturated carbocycles. The van der Waals surface area contributed by atoms with Gasteiger partial charge in [0.2, 0.25) is 0 Å². The summed E-state index contributed by atoms with van der Waals surface area (Å²) in [7, 11) is 0. The second-order valence-electron chi connectivity index (χ2n) is 4.88. The fourth-order valence-corrected chi connectivity index (χ4v) is 2.30. The van der Waals surface area contributed by atoms with E-state index in [1.807, 2.05) is 12.1 Å². The quantitative estimate of drug-likeness (QED) is 0.734. The molecule has 0 amide bonds. The minimum Gasteiger partial charge on any atom is -0.309 e. The van der Waals surface area contributed by atoms with Crippen molar-refractivity contribution in [2.45, 2.75) is 39.7 Å². The van der Waals surface area contributed by atoms with Gasteiger partial charge in [-0.2, -0.15) is 0 Å². The molecule has 0 bridgehead atoms. The second-order valence-corrected chi connectivity index (χ2v) is 4.88. The van der Waals surface area contributed by atoms with Crippen molar-refractivity contribution < 1.29 is 4.39 Å². The summed E-state index contributed by atoms with van der Waals surface area (Å²) in [4.78, 5) is 2.39. The Balaban J connectivity index is 2.74. The summed E-state index contributed by atoms with van der Waals surface area (Å²) in [5, 5.41) is 3.40. The molecule has 0 radical (unpaired) electrons. The number of hydrogen-bond donors (Lipinski definition) is 1. The van der Waals surface area contributed by atoms with Crippen LogP contribution in [0.15, 0.2) is 24.3 Å². The molecule has 0 heterocycles. The summed E-state index contributed by atoms with van der Waals surface area (Å²) in [6.45, 7) is 10.2. The van der Waals surface area contributed by atoms with Gasteiger partial charge in [0.1, 0.15) is 5.82 Å². The molecule has 19 heavy (non-hydrogen) atoms. The highest BCUT2D eigenvalue weighted by Gasteiger charge is 2.17. The van der Waals surface area contributed by atoms with Gasteiger partial charge in [0.25, 0.3) is 0 Å². The molecule has 0 aliphatic carbocycles. The minimum absolute atomic E-state index is 0.0722. The minimum atomic E-state index is -0.111. The molecule has 0 spiro atoms. The van der Waals surface area contributed by atoms with E-state index in [-0.39, 0.29) is 11.9 Å². The average Bonchev–Trinajstić information content (AvgIpc) is 2.43. The van der Waals surface area contributed by atoms with Gasteiger partial charge < -0.3 is 10.2 Å². The lowest BCUT2D eigenvalue weighted by molar-refractivity contribution is 0.249. The Hall–Kier alpha value is -0.930. The number of halogens is 1. The maximum atomic E-state index is 13.9. The first-order valence-electron chi connectivity index (χ1n) is 7.43. The highest BCUT2D eigenvalue weighted by Crippen LogP contribution is 2.18. The first-order valence-corrected chi connectivity index (χ1v) is 7.43. The molecule has 3 heteroatoms. The van der Waals surface area contributed by atoms with Crippen LogP contribution in [0.3, 0.4) is 0 Å². The van der Waals surface area contributed by atoms with E-state index in [4.69, 9.17) is 0 Å². The van der Waals surface area contributed by atoms with Gasteiger partial charge in [-0.05, 0) is 32.1 Å². The van der Waals surface area contributed by atoms with Crippen molar-refractivity contribution in [1.29, 1.82) is 0 Å². The summed E-state index contributed by atoms with van der Waals surface area (Å²) >= 11 is 0. The Morgan fingerprint density at radius 2 is 1.95 bits per heavy atom. The van der Waals surface area contributed by atoms with E-state index >= 15 is 0 Å². The van der Waals surface area contributed by atoms with Crippen LogP contribution in [0, 0.1) is 5.82 Å². The number of unbranched alkanes of at least 4 members (excludes halogenated alkanes) is 1. The predicted molar refractivity (Wildman–Crippen MR) is 79.8 cm³/mol. The molecule has 0 aliphatic rings. The molecule has 0 fully saturated rings. The Bertz CT molecular complexity index is 354. The number of rotatable bonds is 9. The van der Waals surface area contributed by atoms with E-state index in [1.54, 1.807) is 12.1 Å². The maximum Gasteiger partial charge on any atom is 0.128 e. The maximum absolute atomic E-state index is 13.9. The van der Waals surface area contributed by atoms with Crippen molar-refractivity contribution in [3.05, 3.63) is 35.6 Å². The van der Waals surface area contributed by atoms with E-state index in [0.717, 1.165) is 31.7 Å². The van der Waals surface area contributed by atoms with Crippen LogP contribution >= 0.6 is 0 Å². The predicted octanol–water partition coefficient (Wildman–Crippen LogP) is 3.60. The molecule has 1 atom stereocenters. The molecule has 108 valence electrons. The average molecular weight is 266 g/mol. The van der Waals surface area contributed by atoms with Gasteiger partial charge in [-0.15, -0.1) is 0 Å². The zero-order chi connectivity index (χ0) is 14.1. The van der Waals surface area contributed by atoms with Crippen LogP contribution in [0.1, 0.15) is 45.2 Å². The van der Waals surface area contributed by atoms with Crippen LogP contribution in [0.5, 0.6) is 0 Å². The highest BCUT2D eigenvalue weighted by atomic mass is 19.1. The van der Waals surface area contributed by atoms with Crippen LogP contribution in [0.25, 0.3) is 0 Å². The van der Waals surface area contributed by atoms with Gasteiger partial charge in [0.15, 0.2) is 0 Å². The normalized spacial score (nSPS) is 12.9. The Morgan fingerprint density at radius 3 is 2.53 bits per heavy atom. The van der Waals surface area contributed by atoms with Crippen molar-refractivity contribution in [2.24, 2.45) is 0 Å². The SMILES string of the molecule is CCCCN(CC)CC(NCC)c1ccccc1F. The molecular formula is C16H27FN2. The summed E-state index contributed by atoms with van der Waals surface area (Å²) in [6, 6.07) is 7.16. The topological polar surface area (TPSA) is 15.3 Å². The lowest BCUT2D eigenvalue weighted by Crippen LogP contribution is -2.36. The van der Waals surface area contributed by atoms with Crippen molar-refractivity contribution in [2.75, 3.05) is 26.2 Å². The molecule has 2 nitrogen and oxygen atoms in total. The van der Waals surface area contributed by atoms with Gasteiger partial charge in [-0.3, -0.25) is 0 Å². The van der Waals surface area contributed by atoms with E-state index in [0.29, 0.717) is 0 Å². The molecule has 0 aromatic heterocycles. The van der Waals surface area contributed by atoms with E-state index in [2.05, 4.69) is 31.0 Å². The van der Waals surface area contributed by atoms with E-state index < -0.39 is 0 Å². The van der Waals surface area contributed by atoms with Crippen LogP contribution in [0.4, 0.5) is 4.39 Å². The third kappa shape index (κ3) is 5.29. The Labute approximate surface area is 117 Å². The first kappa shape index (κ1) is 16.1. The number of benzene rings is 1. The van der Waals surface area contributed by atoms with Crippen molar-refractivity contribution in [1.82, 2.24) is 10.2 Å². The lowest BCUT2D eigenvalue weighted by atomic mass is 10.1. The highest BCUT2D eigenvalue weighted by molar-refractivity contribution is 5.21. The van der Waals surface area contributed by atoms with Crippen molar-refractivity contribution in [3.63, 3.8) is 0 Å². The Morgan fingerprint density at radius 1 is 1.21 bits per heavy atom. The third-order valence-electron chi connectivity index (χ3n) is 3.45. The molecule has 1 rings (SSSR count). The first-order chi connectivity index (χ1) is 9.22. The fourth-order valence-electron chi connectivity index (χ4n) is 2.30. The zero-order valence-corrected chi connectivity index (χ0v) is 12.5. The lowest BCUT2D eigenvalue weighted by Gasteiger charge is -2.27. The molecule has 0 aliphatic heterocycles. The molecule has 1 aromatic rings. The van der Waals surface area contributed by atoms with Crippen LogP contribution in [-0.4, -0.2) is 31.1 Å². The summed E-state index contributed by atoms with van der Waals surface area (Å²) in [5.41, 5.74) is 0.777. The van der Waals surface area contributed by atoms with Crippen LogP contribution < -0.4 is 5.32 Å². The summed E-state index contributed by atoms with van der Waals surface area (Å²) < 4.78 is 13.9. The summed E-state index contributed by atoms with van der Waals surface area (Å²) in [6.07, 6.45) is 2.39. The fraction of sp³-hybridized carbons (Fsp3) is 0.625. The number of hydrogen-bond acceptors (Lipinski definition) is 2. The van der Waals surface area contributed by atoms with Gasteiger partial charge in [-0.25, -0.2) is 4.39 Å². The van der Waals surface area contributed by atoms with Crippen molar-refractivity contribution in [3.8, 4) is 0 Å². The molecule has 1 aromatic carbocycles. The molecule has 0 saturated heterocycles. The molecule has 1 N–H and O–H groups in total. The zero-order valence-electron chi connectivity index (χ0n) is 12.5. The van der Waals surface area contributed by atoms with E-state index in [9.17, 15) is 4.39 Å². The van der Waals surface area contributed by atoms with Gasteiger partial charge >= 0.3 is 0 Å². The van der Waals surface area contributed by atoms with Crippen molar-refractivity contribution >= 4 is 0 Å². The van der Waals surface area contributed by atoms with E-state index in [1.165, 1.54) is 12.8 Å². The van der Waals surface area contributed by atoms with Gasteiger partial charge in [0.05, 0.1) is 0 Å². The second kappa shape index (κ2) is 9.05. The summed E-state index contributed by atoms with van der Waals surface area (Å²) in [5.74, 6) is -0.111. The standard InChI is InChI=1S/C16H27FN2/c1-4-7-12-19(6-3)13-16(18-5-2)14-10-8-9-11-15(14)17/h8-11,16,18H,4-7,12-13H2,1-3H3. The molecular weight excluding hydrogens is 239 g/mol. The van der Waals surface area contributed by atoms with Gasteiger partial charge in [-0.1, -0.05) is 45.4 Å². The molecule has 1 unspecified atom stereocenters. The van der Waals surface area contributed by atoms with Gasteiger partial charge in [0, 0.05) is 18.2 Å².